The molecule has 0 aliphatic carbocycles. The Morgan fingerprint density at radius 3 is 2.64 bits per heavy atom. The van der Waals surface area contributed by atoms with E-state index in [2.05, 4.69) is 19.2 Å². The summed E-state index contributed by atoms with van der Waals surface area (Å²) in [6, 6.07) is 5.43. The average Bonchev–Trinajstić information content (AvgIpc) is 2.52. The summed E-state index contributed by atoms with van der Waals surface area (Å²) in [5, 5.41) is 12.7. The van der Waals surface area contributed by atoms with E-state index >= 15 is 0 Å². The highest BCUT2D eigenvalue weighted by molar-refractivity contribution is 5.49. The van der Waals surface area contributed by atoms with Crippen molar-refractivity contribution in [2.75, 3.05) is 37.8 Å². The van der Waals surface area contributed by atoms with Crippen molar-refractivity contribution in [3.63, 3.8) is 0 Å². The highest BCUT2D eigenvalue weighted by atomic mass is 19.1. The van der Waals surface area contributed by atoms with Crippen LogP contribution in [0.2, 0.25) is 0 Å². The molecule has 1 aromatic carbocycles. The van der Waals surface area contributed by atoms with Gasteiger partial charge in [-0.15, -0.1) is 0 Å². The monoisotopic (exact) mass is 310 g/mol. The lowest BCUT2D eigenvalue weighted by Crippen LogP contribution is -2.36. The molecule has 2 N–H and O–H groups in total. The molecule has 0 aromatic heterocycles. The molecule has 1 aliphatic rings. The lowest BCUT2D eigenvalue weighted by atomic mass is 10.0. The SMILES string of the molecule is CC(C)CC(CO)NCc1ccc(N2CCOCC2)c(F)c1. The van der Waals surface area contributed by atoms with Crippen molar-refractivity contribution in [1.82, 2.24) is 5.32 Å². The molecule has 0 amide bonds. The molecule has 1 aromatic rings. The van der Waals surface area contributed by atoms with Crippen LogP contribution in [0.25, 0.3) is 0 Å². The predicted molar refractivity (Wildman–Crippen MR) is 86.6 cm³/mol. The topological polar surface area (TPSA) is 44.7 Å². The first kappa shape index (κ1) is 17.2. The number of ether oxygens (including phenoxy) is 1. The molecule has 0 saturated carbocycles. The number of halogens is 1. The quantitative estimate of drug-likeness (QED) is 0.810. The number of rotatable bonds is 7. The summed E-state index contributed by atoms with van der Waals surface area (Å²) in [7, 11) is 0. The number of anilines is 1. The molecular weight excluding hydrogens is 283 g/mol. The van der Waals surface area contributed by atoms with Crippen molar-refractivity contribution in [2.45, 2.75) is 32.9 Å². The fourth-order valence-corrected chi connectivity index (χ4v) is 2.77. The van der Waals surface area contributed by atoms with E-state index in [0.717, 1.165) is 25.1 Å². The zero-order chi connectivity index (χ0) is 15.9. The number of hydrogen-bond acceptors (Lipinski definition) is 4. The average molecular weight is 310 g/mol. The third kappa shape index (κ3) is 4.93. The maximum absolute atomic E-state index is 14.3. The van der Waals surface area contributed by atoms with Crippen LogP contribution < -0.4 is 10.2 Å². The fourth-order valence-electron chi connectivity index (χ4n) is 2.77. The molecule has 22 heavy (non-hydrogen) atoms. The Morgan fingerprint density at radius 1 is 1.32 bits per heavy atom. The van der Waals surface area contributed by atoms with Gasteiger partial charge in [0.25, 0.3) is 0 Å². The van der Waals surface area contributed by atoms with Gasteiger partial charge in [-0.1, -0.05) is 19.9 Å². The van der Waals surface area contributed by atoms with Gasteiger partial charge in [0.15, 0.2) is 0 Å². The zero-order valence-electron chi connectivity index (χ0n) is 13.5. The molecule has 1 saturated heterocycles. The van der Waals surface area contributed by atoms with Gasteiger partial charge in [-0.3, -0.25) is 0 Å². The molecular formula is C17H27FN2O2. The second kappa shape index (κ2) is 8.46. The van der Waals surface area contributed by atoms with E-state index in [1.807, 2.05) is 17.0 Å². The zero-order valence-corrected chi connectivity index (χ0v) is 13.5. The van der Waals surface area contributed by atoms with Gasteiger partial charge < -0.3 is 20.1 Å². The van der Waals surface area contributed by atoms with Crippen molar-refractivity contribution in [3.8, 4) is 0 Å². The van der Waals surface area contributed by atoms with Gasteiger partial charge >= 0.3 is 0 Å². The first-order valence-corrected chi connectivity index (χ1v) is 8.05. The van der Waals surface area contributed by atoms with Gasteiger partial charge in [-0.05, 0) is 30.0 Å². The number of aliphatic hydroxyl groups excluding tert-OH is 1. The molecule has 0 radical (unpaired) electrons. The lowest BCUT2D eigenvalue weighted by Gasteiger charge is -2.29. The largest absolute Gasteiger partial charge is 0.395 e. The first-order chi connectivity index (χ1) is 10.6. The van der Waals surface area contributed by atoms with Crippen LogP contribution >= 0.6 is 0 Å². The van der Waals surface area contributed by atoms with Crippen molar-refractivity contribution < 1.29 is 14.2 Å². The summed E-state index contributed by atoms with van der Waals surface area (Å²) in [6.45, 7) is 7.68. The van der Waals surface area contributed by atoms with E-state index in [-0.39, 0.29) is 18.5 Å². The number of morpholine rings is 1. The predicted octanol–water partition coefficient (Wildman–Crippen LogP) is 2.16. The summed E-state index contributed by atoms with van der Waals surface area (Å²) in [4.78, 5) is 2.02. The molecule has 1 atom stereocenters. The van der Waals surface area contributed by atoms with Crippen LogP contribution in [-0.2, 0) is 11.3 Å². The molecule has 0 bridgehead atoms. The third-order valence-corrected chi connectivity index (χ3v) is 3.94. The summed E-state index contributed by atoms with van der Waals surface area (Å²) in [5.41, 5.74) is 1.55. The van der Waals surface area contributed by atoms with Crippen molar-refractivity contribution >= 4 is 5.69 Å². The number of benzene rings is 1. The lowest BCUT2D eigenvalue weighted by molar-refractivity contribution is 0.122. The number of hydrogen-bond donors (Lipinski definition) is 2. The van der Waals surface area contributed by atoms with E-state index in [1.165, 1.54) is 0 Å². The van der Waals surface area contributed by atoms with E-state index in [1.54, 1.807) is 6.07 Å². The molecule has 4 nitrogen and oxygen atoms in total. The Hall–Kier alpha value is -1.17. The second-order valence-corrected chi connectivity index (χ2v) is 6.28. The first-order valence-electron chi connectivity index (χ1n) is 8.05. The van der Waals surface area contributed by atoms with Gasteiger partial charge in [0.1, 0.15) is 5.82 Å². The van der Waals surface area contributed by atoms with Crippen molar-refractivity contribution in [2.24, 2.45) is 5.92 Å². The van der Waals surface area contributed by atoms with Gasteiger partial charge in [-0.25, -0.2) is 4.39 Å². The van der Waals surface area contributed by atoms with E-state index in [9.17, 15) is 9.50 Å². The Balaban J connectivity index is 1.93. The normalized spacial score (nSPS) is 17.0. The Bertz CT molecular complexity index is 462. The summed E-state index contributed by atoms with van der Waals surface area (Å²) in [6.07, 6.45) is 0.908. The second-order valence-electron chi connectivity index (χ2n) is 6.28. The maximum Gasteiger partial charge on any atom is 0.146 e. The summed E-state index contributed by atoms with van der Waals surface area (Å²) >= 11 is 0. The van der Waals surface area contributed by atoms with E-state index in [0.29, 0.717) is 31.4 Å². The highest BCUT2D eigenvalue weighted by Crippen LogP contribution is 2.21. The van der Waals surface area contributed by atoms with Crippen LogP contribution in [0, 0.1) is 11.7 Å². The highest BCUT2D eigenvalue weighted by Gasteiger charge is 2.15. The molecule has 124 valence electrons. The third-order valence-electron chi connectivity index (χ3n) is 3.94. The fraction of sp³-hybridized carbons (Fsp3) is 0.647. The van der Waals surface area contributed by atoms with E-state index < -0.39 is 0 Å². The standard InChI is InChI=1S/C17H27FN2O2/c1-13(2)9-15(12-21)19-11-14-3-4-17(16(18)10-14)20-5-7-22-8-6-20/h3-4,10,13,15,19,21H,5-9,11-12H2,1-2H3. The molecule has 5 heteroatoms. The maximum atomic E-state index is 14.3. The van der Waals surface area contributed by atoms with Gasteiger partial charge in [-0.2, -0.15) is 0 Å². The van der Waals surface area contributed by atoms with Crippen molar-refractivity contribution in [1.29, 1.82) is 0 Å². The Labute approximate surface area is 132 Å². The minimum Gasteiger partial charge on any atom is -0.395 e. The molecule has 1 fully saturated rings. The molecule has 1 aliphatic heterocycles. The van der Waals surface area contributed by atoms with Gasteiger partial charge in [0.2, 0.25) is 0 Å². The number of nitrogens with zero attached hydrogens (tertiary/aromatic N) is 1. The smallest absolute Gasteiger partial charge is 0.146 e. The summed E-state index contributed by atoms with van der Waals surface area (Å²) < 4.78 is 19.6. The van der Waals surface area contributed by atoms with Gasteiger partial charge in [0.05, 0.1) is 25.5 Å². The van der Waals surface area contributed by atoms with E-state index in [4.69, 9.17) is 4.74 Å². The molecule has 1 heterocycles. The van der Waals surface area contributed by atoms with Gasteiger partial charge in [0, 0.05) is 25.7 Å². The minimum absolute atomic E-state index is 0.0574. The molecule has 1 unspecified atom stereocenters. The Kier molecular flexibility index (Phi) is 6.61. The van der Waals surface area contributed by atoms with Crippen LogP contribution in [0.3, 0.4) is 0 Å². The molecule has 0 spiro atoms. The van der Waals surface area contributed by atoms with Crippen LogP contribution in [0.1, 0.15) is 25.8 Å². The number of aliphatic hydroxyl groups is 1. The van der Waals surface area contributed by atoms with Crippen LogP contribution in [-0.4, -0.2) is 44.1 Å². The van der Waals surface area contributed by atoms with Crippen LogP contribution in [0.5, 0.6) is 0 Å². The molecule has 2 rings (SSSR count). The summed E-state index contributed by atoms with van der Waals surface area (Å²) in [5.74, 6) is 0.329. The number of nitrogens with one attached hydrogen (secondary N) is 1. The minimum atomic E-state index is -0.189. The van der Waals surface area contributed by atoms with Crippen LogP contribution in [0.15, 0.2) is 18.2 Å². The Morgan fingerprint density at radius 2 is 2.05 bits per heavy atom. The van der Waals surface area contributed by atoms with Crippen molar-refractivity contribution in [3.05, 3.63) is 29.6 Å². The van der Waals surface area contributed by atoms with Crippen LogP contribution in [0.4, 0.5) is 10.1 Å².